The number of para-hydroxylation sites is 1. The van der Waals surface area contributed by atoms with Gasteiger partial charge in [0.1, 0.15) is 18.1 Å². The molecule has 144 valence electrons. The predicted octanol–water partition coefficient (Wildman–Crippen LogP) is 4.89. The lowest BCUT2D eigenvalue weighted by Gasteiger charge is -2.15. The van der Waals surface area contributed by atoms with Gasteiger partial charge in [-0.15, -0.1) is 0 Å². The number of nitrogens with one attached hydrogen (secondary N) is 1. The molecule has 3 rings (SSSR count). The van der Waals surface area contributed by atoms with E-state index in [-0.39, 0.29) is 5.56 Å². The molecule has 2 N–H and O–H groups in total. The summed E-state index contributed by atoms with van der Waals surface area (Å²) in [6.07, 6.45) is 0. The van der Waals surface area contributed by atoms with Crippen LogP contribution in [-0.4, -0.2) is 18.2 Å². The zero-order chi connectivity index (χ0) is 19.9. The van der Waals surface area contributed by atoms with Gasteiger partial charge >= 0.3 is 5.97 Å². The lowest BCUT2D eigenvalue weighted by Crippen LogP contribution is -2.06. The number of aromatic carboxylic acids is 1. The first kappa shape index (κ1) is 19.3. The van der Waals surface area contributed by atoms with E-state index >= 15 is 0 Å². The second-order valence-electron chi connectivity index (χ2n) is 6.46. The van der Waals surface area contributed by atoms with Crippen LogP contribution in [-0.2, 0) is 13.2 Å². The Morgan fingerprint density at radius 1 is 1.00 bits per heavy atom. The van der Waals surface area contributed by atoms with Crippen molar-refractivity contribution < 1.29 is 19.4 Å². The quantitative estimate of drug-likeness (QED) is 0.585. The molecule has 0 spiro atoms. The summed E-state index contributed by atoms with van der Waals surface area (Å²) in [7, 11) is 1.56. The molecule has 28 heavy (non-hydrogen) atoms. The standard InChI is InChI=1S/C23H23NO4/c1-16-6-5-7-17(12-16)15-28-21-9-4-3-8-19(21)14-24-20-13-18(23(25)26)10-11-22(20)27-2/h3-13,24H,14-15H2,1-2H3,(H,25,26). The summed E-state index contributed by atoms with van der Waals surface area (Å²) in [4.78, 5) is 11.2. The molecule has 0 aliphatic rings. The number of ether oxygens (including phenoxy) is 2. The number of carboxylic acid groups (broad SMARTS) is 1. The van der Waals surface area contributed by atoms with Gasteiger partial charge in [-0.05, 0) is 36.8 Å². The smallest absolute Gasteiger partial charge is 0.335 e. The van der Waals surface area contributed by atoms with E-state index in [1.165, 1.54) is 11.6 Å². The van der Waals surface area contributed by atoms with E-state index in [1.54, 1.807) is 19.2 Å². The Bertz CT molecular complexity index is 968. The maximum Gasteiger partial charge on any atom is 0.335 e. The van der Waals surface area contributed by atoms with E-state index in [2.05, 4.69) is 24.4 Å². The van der Waals surface area contributed by atoms with Crippen LogP contribution in [0.2, 0.25) is 0 Å². The van der Waals surface area contributed by atoms with E-state index in [0.29, 0.717) is 24.6 Å². The molecular formula is C23H23NO4. The molecule has 5 heteroatoms. The topological polar surface area (TPSA) is 67.8 Å². The van der Waals surface area contributed by atoms with Crippen LogP contribution in [0, 0.1) is 6.92 Å². The lowest BCUT2D eigenvalue weighted by atomic mass is 10.1. The third-order valence-corrected chi connectivity index (χ3v) is 4.37. The Morgan fingerprint density at radius 2 is 1.82 bits per heavy atom. The number of anilines is 1. The summed E-state index contributed by atoms with van der Waals surface area (Å²) in [6.45, 7) is 3.01. The Hall–Kier alpha value is -3.47. The first-order valence-electron chi connectivity index (χ1n) is 8.98. The van der Waals surface area contributed by atoms with Gasteiger partial charge in [-0.25, -0.2) is 4.79 Å². The minimum Gasteiger partial charge on any atom is -0.495 e. The summed E-state index contributed by atoms with van der Waals surface area (Å²) >= 11 is 0. The summed E-state index contributed by atoms with van der Waals surface area (Å²) in [6, 6.07) is 20.7. The van der Waals surface area contributed by atoms with E-state index < -0.39 is 5.97 Å². The molecule has 0 aliphatic heterocycles. The summed E-state index contributed by atoms with van der Waals surface area (Å²) in [5, 5.41) is 12.5. The molecule has 0 amide bonds. The van der Waals surface area contributed by atoms with Crippen LogP contribution in [0.25, 0.3) is 0 Å². The molecule has 0 aromatic heterocycles. The first-order chi connectivity index (χ1) is 13.6. The molecule has 3 aromatic rings. The molecule has 0 radical (unpaired) electrons. The highest BCUT2D eigenvalue weighted by Gasteiger charge is 2.10. The van der Waals surface area contributed by atoms with Crippen molar-refractivity contribution in [3.05, 3.63) is 89.0 Å². The lowest BCUT2D eigenvalue weighted by molar-refractivity contribution is 0.0697. The van der Waals surface area contributed by atoms with E-state index in [4.69, 9.17) is 9.47 Å². The first-order valence-corrected chi connectivity index (χ1v) is 8.98. The molecule has 5 nitrogen and oxygen atoms in total. The van der Waals surface area contributed by atoms with Gasteiger partial charge in [-0.2, -0.15) is 0 Å². The molecule has 0 unspecified atom stereocenters. The highest BCUT2D eigenvalue weighted by atomic mass is 16.5. The normalized spacial score (nSPS) is 10.4. The van der Waals surface area contributed by atoms with Crippen molar-refractivity contribution in [1.29, 1.82) is 0 Å². The number of hydrogen-bond donors (Lipinski definition) is 2. The van der Waals surface area contributed by atoms with Crippen LogP contribution >= 0.6 is 0 Å². The number of aryl methyl sites for hydroxylation is 1. The van der Waals surface area contributed by atoms with Gasteiger partial charge in [-0.3, -0.25) is 0 Å². The van der Waals surface area contributed by atoms with Crippen LogP contribution in [0.1, 0.15) is 27.0 Å². The van der Waals surface area contributed by atoms with Crippen LogP contribution in [0.5, 0.6) is 11.5 Å². The largest absolute Gasteiger partial charge is 0.495 e. The molecular weight excluding hydrogens is 354 g/mol. The van der Waals surface area contributed by atoms with Gasteiger partial charge in [0.25, 0.3) is 0 Å². The number of benzene rings is 3. The van der Waals surface area contributed by atoms with Crippen molar-refractivity contribution in [3.63, 3.8) is 0 Å². The molecule has 0 heterocycles. The average molecular weight is 377 g/mol. The van der Waals surface area contributed by atoms with Gasteiger partial charge in [0.15, 0.2) is 0 Å². The second kappa shape index (κ2) is 8.95. The van der Waals surface area contributed by atoms with Crippen LogP contribution in [0.3, 0.4) is 0 Å². The maximum absolute atomic E-state index is 11.2. The molecule has 3 aromatic carbocycles. The van der Waals surface area contributed by atoms with Crippen LogP contribution in [0.15, 0.2) is 66.7 Å². The van der Waals surface area contributed by atoms with Gasteiger partial charge < -0.3 is 19.9 Å². The molecule has 0 fully saturated rings. The monoisotopic (exact) mass is 377 g/mol. The van der Waals surface area contributed by atoms with Crippen LogP contribution < -0.4 is 14.8 Å². The zero-order valence-corrected chi connectivity index (χ0v) is 15.9. The van der Waals surface area contributed by atoms with Crippen LogP contribution in [0.4, 0.5) is 5.69 Å². The molecule has 0 saturated carbocycles. The maximum atomic E-state index is 11.2. The van der Waals surface area contributed by atoms with Crippen molar-refractivity contribution in [3.8, 4) is 11.5 Å². The average Bonchev–Trinajstić information content (AvgIpc) is 2.71. The van der Waals surface area contributed by atoms with E-state index in [1.807, 2.05) is 36.4 Å². The summed E-state index contributed by atoms with van der Waals surface area (Å²) < 4.78 is 11.3. The summed E-state index contributed by atoms with van der Waals surface area (Å²) in [5.41, 5.74) is 4.10. The molecule has 0 atom stereocenters. The predicted molar refractivity (Wildman–Crippen MR) is 109 cm³/mol. The SMILES string of the molecule is COc1ccc(C(=O)O)cc1NCc1ccccc1OCc1cccc(C)c1. The minimum absolute atomic E-state index is 0.201. The van der Waals surface area contributed by atoms with Gasteiger partial charge in [0.05, 0.1) is 18.4 Å². The fraction of sp³-hybridized carbons (Fsp3) is 0.174. The fourth-order valence-electron chi connectivity index (χ4n) is 2.92. The highest BCUT2D eigenvalue weighted by molar-refractivity contribution is 5.89. The highest BCUT2D eigenvalue weighted by Crippen LogP contribution is 2.28. The Kier molecular flexibility index (Phi) is 6.17. The Balaban J connectivity index is 1.73. The van der Waals surface area contributed by atoms with Gasteiger partial charge in [0, 0.05) is 12.1 Å². The third-order valence-electron chi connectivity index (χ3n) is 4.37. The number of hydrogen-bond acceptors (Lipinski definition) is 4. The molecule has 0 aliphatic carbocycles. The molecule has 0 saturated heterocycles. The minimum atomic E-state index is -0.979. The number of carboxylic acids is 1. The Labute approximate surface area is 164 Å². The van der Waals surface area contributed by atoms with Crippen molar-refractivity contribution in [2.45, 2.75) is 20.1 Å². The van der Waals surface area contributed by atoms with Crippen molar-refractivity contribution in [2.75, 3.05) is 12.4 Å². The number of methoxy groups -OCH3 is 1. The van der Waals surface area contributed by atoms with Gasteiger partial charge in [0.2, 0.25) is 0 Å². The van der Waals surface area contributed by atoms with Gasteiger partial charge in [-0.1, -0.05) is 48.0 Å². The van der Waals surface area contributed by atoms with Crippen molar-refractivity contribution in [2.24, 2.45) is 0 Å². The van der Waals surface area contributed by atoms with Crippen molar-refractivity contribution in [1.82, 2.24) is 0 Å². The van der Waals surface area contributed by atoms with Crippen molar-refractivity contribution >= 4 is 11.7 Å². The third kappa shape index (κ3) is 4.82. The summed E-state index contributed by atoms with van der Waals surface area (Å²) in [5.74, 6) is 0.389. The Morgan fingerprint density at radius 3 is 2.57 bits per heavy atom. The molecule has 0 bridgehead atoms. The fourth-order valence-corrected chi connectivity index (χ4v) is 2.92. The zero-order valence-electron chi connectivity index (χ0n) is 15.9. The van der Waals surface area contributed by atoms with E-state index in [0.717, 1.165) is 16.9 Å². The second-order valence-corrected chi connectivity index (χ2v) is 6.46. The number of rotatable bonds is 8. The van der Waals surface area contributed by atoms with E-state index in [9.17, 15) is 9.90 Å². The number of carbonyl (C=O) groups is 1.